The number of rotatable bonds is 6. The highest BCUT2D eigenvalue weighted by Gasteiger charge is 2.12. The molecule has 0 aliphatic carbocycles. The van der Waals surface area contributed by atoms with E-state index in [0.29, 0.717) is 13.1 Å². The van der Waals surface area contributed by atoms with E-state index in [1.807, 2.05) is 54.6 Å². The minimum atomic E-state index is -0.245. The lowest BCUT2D eigenvalue weighted by atomic mass is 10.1. The molecule has 25 heavy (non-hydrogen) atoms. The van der Waals surface area contributed by atoms with E-state index < -0.39 is 0 Å². The lowest BCUT2D eigenvalue weighted by molar-refractivity contribution is -0.121. The Morgan fingerprint density at radius 1 is 1.08 bits per heavy atom. The number of nitrogens with two attached hydrogens (primary N) is 1. The third kappa shape index (κ3) is 3.64. The average Bonchev–Trinajstić information content (AvgIpc) is 2.89. The van der Waals surface area contributed by atoms with Crippen LogP contribution >= 0.6 is 0 Å². The number of aryl methyl sites for hydroxylation is 2. The van der Waals surface area contributed by atoms with Crippen molar-refractivity contribution in [1.82, 2.24) is 14.5 Å². The fourth-order valence-corrected chi connectivity index (χ4v) is 2.92. The summed E-state index contributed by atoms with van der Waals surface area (Å²) < 4.78 is 3.23. The van der Waals surface area contributed by atoms with Gasteiger partial charge in [0.2, 0.25) is 5.91 Å². The standard InChI is InChI=1S/C19H22N4O2/c1-22-16-9-5-6-10-17(16)23(19(22)25)12-11-18(24)21-13-15(20)14-7-3-2-4-8-14/h2-10,15H,11-13,20H2,1H3,(H,21,24). The Bertz CT molecular complexity index is 927. The first-order valence-electron chi connectivity index (χ1n) is 8.29. The van der Waals surface area contributed by atoms with Crippen molar-refractivity contribution >= 4 is 16.9 Å². The molecule has 1 unspecified atom stereocenters. The molecule has 0 bridgehead atoms. The second-order valence-corrected chi connectivity index (χ2v) is 6.05. The van der Waals surface area contributed by atoms with Crippen LogP contribution in [-0.4, -0.2) is 21.6 Å². The Labute approximate surface area is 145 Å². The van der Waals surface area contributed by atoms with Crippen LogP contribution in [0.2, 0.25) is 0 Å². The Morgan fingerprint density at radius 2 is 1.72 bits per heavy atom. The van der Waals surface area contributed by atoms with Gasteiger partial charge in [-0.05, 0) is 17.7 Å². The number of carbonyl (C=O) groups is 1. The summed E-state index contributed by atoms with van der Waals surface area (Å²) in [6.45, 7) is 0.708. The maximum Gasteiger partial charge on any atom is 0.328 e. The summed E-state index contributed by atoms with van der Waals surface area (Å²) in [4.78, 5) is 24.4. The van der Waals surface area contributed by atoms with E-state index in [-0.39, 0.29) is 24.1 Å². The number of aromatic nitrogens is 2. The number of nitrogens with one attached hydrogen (secondary N) is 1. The molecule has 130 valence electrons. The number of hydrogen-bond acceptors (Lipinski definition) is 3. The third-order valence-corrected chi connectivity index (χ3v) is 4.36. The average molecular weight is 338 g/mol. The van der Waals surface area contributed by atoms with Gasteiger partial charge in [-0.1, -0.05) is 42.5 Å². The Morgan fingerprint density at radius 3 is 2.44 bits per heavy atom. The molecule has 3 aromatic rings. The topological polar surface area (TPSA) is 82.0 Å². The summed E-state index contributed by atoms with van der Waals surface area (Å²) in [7, 11) is 1.74. The van der Waals surface area contributed by atoms with Crippen molar-refractivity contribution < 1.29 is 4.79 Å². The van der Waals surface area contributed by atoms with E-state index in [0.717, 1.165) is 16.6 Å². The van der Waals surface area contributed by atoms with Gasteiger partial charge in [0.1, 0.15) is 0 Å². The molecular formula is C19H22N4O2. The van der Waals surface area contributed by atoms with E-state index in [1.54, 1.807) is 16.2 Å². The van der Waals surface area contributed by atoms with Crippen LogP contribution in [0.1, 0.15) is 18.0 Å². The highest BCUT2D eigenvalue weighted by molar-refractivity contribution is 5.77. The van der Waals surface area contributed by atoms with Gasteiger partial charge in [0.05, 0.1) is 11.0 Å². The van der Waals surface area contributed by atoms with Crippen molar-refractivity contribution in [2.24, 2.45) is 12.8 Å². The first-order valence-corrected chi connectivity index (χ1v) is 8.29. The monoisotopic (exact) mass is 338 g/mol. The second kappa shape index (κ2) is 7.36. The predicted molar refractivity (Wildman–Crippen MR) is 98.2 cm³/mol. The molecule has 1 heterocycles. The van der Waals surface area contributed by atoms with Gasteiger partial charge in [-0.3, -0.25) is 13.9 Å². The van der Waals surface area contributed by atoms with Crippen LogP contribution in [0.4, 0.5) is 0 Å². The van der Waals surface area contributed by atoms with Crippen LogP contribution in [0.15, 0.2) is 59.4 Å². The second-order valence-electron chi connectivity index (χ2n) is 6.05. The van der Waals surface area contributed by atoms with E-state index >= 15 is 0 Å². The molecule has 3 rings (SSSR count). The molecule has 1 atom stereocenters. The molecule has 0 fully saturated rings. The normalized spacial score (nSPS) is 12.2. The number of nitrogens with zero attached hydrogens (tertiary/aromatic N) is 2. The highest BCUT2D eigenvalue weighted by Crippen LogP contribution is 2.12. The van der Waals surface area contributed by atoms with Gasteiger partial charge < -0.3 is 11.1 Å². The minimum absolute atomic E-state index is 0.116. The van der Waals surface area contributed by atoms with Crippen LogP contribution in [0.3, 0.4) is 0 Å². The summed E-state index contributed by atoms with van der Waals surface area (Å²) in [6, 6.07) is 17.0. The molecular weight excluding hydrogens is 316 g/mol. The first kappa shape index (κ1) is 17.0. The molecule has 0 radical (unpaired) electrons. The molecule has 0 saturated heterocycles. The Balaban J connectivity index is 1.60. The summed E-state index contributed by atoms with van der Waals surface area (Å²) in [5.74, 6) is -0.119. The summed E-state index contributed by atoms with van der Waals surface area (Å²) in [6.07, 6.45) is 0.232. The Hall–Kier alpha value is -2.86. The number of para-hydroxylation sites is 2. The van der Waals surface area contributed by atoms with Gasteiger partial charge in [0, 0.05) is 32.6 Å². The van der Waals surface area contributed by atoms with E-state index in [1.165, 1.54) is 0 Å². The largest absolute Gasteiger partial charge is 0.354 e. The van der Waals surface area contributed by atoms with Gasteiger partial charge in [0.15, 0.2) is 0 Å². The van der Waals surface area contributed by atoms with E-state index in [9.17, 15) is 9.59 Å². The van der Waals surface area contributed by atoms with Crippen LogP contribution in [0.25, 0.3) is 11.0 Å². The zero-order chi connectivity index (χ0) is 17.8. The number of carbonyl (C=O) groups excluding carboxylic acids is 1. The molecule has 1 aromatic heterocycles. The first-order chi connectivity index (χ1) is 12.1. The zero-order valence-electron chi connectivity index (χ0n) is 14.2. The number of benzene rings is 2. The number of hydrogen-bond donors (Lipinski definition) is 2. The Kier molecular flexibility index (Phi) is 5.00. The van der Waals surface area contributed by atoms with Crippen molar-refractivity contribution in [3.8, 4) is 0 Å². The summed E-state index contributed by atoms with van der Waals surface area (Å²) >= 11 is 0. The van der Waals surface area contributed by atoms with Crippen molar-refractivity contribution in [2.45, 2.75) is 19.0 Å². The van der Waals surface area contributed by atoms with Gasteiger partial charge in [-0.15, -0.1) is 0 Å². The molecule has 0 saturated carbocycles. The molecule has 0 aliphatic rings. The SMILES string of the molecule is Cn1c(=O)n(CCC(=O)NCC(N)c2ccccc2)c2ccccc21. The summed E-state index contributed by atoms with van der Waals surface area (Å²) in [5, 5.41) is 2.84. The lowest BCUT2D eigenvalue weighted by Crippen LogP contribution is -2.33. The van der Waals surface area contributed by atoms with Crippen LogP contribution < -0.4 is 16.7 Å². The molecule has 3 N–H and O–H groups in total. The van der Waals surface area contributed by atoms with Crippen molar-refractivity contribution in [3.63, 3.8) is 0 Å². The van der Waals surface area contributed by atoms with E-state index in [2.05, 4.69) is 5.32 Å². The van der Waals surface area contributed by atoms with Crippen LogP contribution in [0, 0.1) is 0 Å². The number of imidazole rings is 1. The molecule has 1 amide bonds. The van der Waals surface area contributed by atoms with Crippen molar-refractivity contribution in [1.29, 1.82) is 0 Å². The zero-order valence-corrected chi connectivity index (χ0v) is 14.2. The predicted octanol–water partition coefficient (Wildman–Crippen LogP) is 1.55. The van der Waals surface area contributed by atoms with Gasteiger partial charge in [-0.25, -0.2) is 4.79 Å². The maximum absolute atomic E-state index is 12.3. The van der Waals surface area contributed by atoms with Crippen molar-refractivity contribution in [2.75, 3.05) is 6.54 Å². The highest BCUT2D eigenvalue weighted by atomic mass is 16.2. The molecule has 0 aliphatic heterocycles. The molecule has 6 heteroatoms. The summed E-state index contributed by atoms with van der Waals surface area (Å²) in [5.41, 5.74) is 8.64. The van der Waals surface area contributed by atoms with Gasteiger partial charge in [0.25, 0.3) is 0 Å². The fourth-order valence-electron chi connectivity index (χ4n) is 2.92. The molecule has 6 nitrogen and oxygen atoms in total. The smallest absolute Gasteiger partial charge is 0.328 e. The number of amides is 1. The third-order valence-electron chi connectivity index (χ3n) is 4.36. The van der Waals surface area contributed by atoms with Crippen LogP contribution in [0.5, 0.6) is 0 Å². The molecule has 2 aromatic carbocycles. The minimum Gasteiger partial charge on any atom is -0.354 e. The number of fused-ring (bicyclic) bond motifs is 1. The van der Waals surface area contributed by atoms with Crippen LogP contribution in [-0.2, 0) is 18.4 Å². The molecule has 0 spiro atoms. The quantitative estimate of drug-likeness (QED) is 0.715. The maximum atomic E-state index is 12.3. The van der Waals surface area contributed by atoms with Crippen molar-refractivity contribution in [3.05, 3.63) is 70.6 Å². The fraction of sp³-hybridized carbons (Fsp3) is 0.263. The van der Waals surface area contributed by atoms with Gasteiger partial charge in [-0.2, -0.15) is 0 Å². The lowest BCUT2D eigenvalue weighted by Gasteiger charge is -2.13. The van der Waals surface area contributed by atoms with E-state index in [4.69, 9.17) is 5.73 Å². The van der Waals surface area contributed by atoms with Gasteiger partial charge >= 0.3 is 5.69 Å².